The van der Waals surface area contributed by atoms with Crippen molar-refractivity contribution < 1.29 is 14.6 Å². The van der Waals surface area contributed by atoms with Gasteiger partial charge in [-0.1, -0.05) is 12.1 Å². The lowest BCUT2D eigenvalue weighted by Crippen LogP contribution is -2.09. The molecule has 0 aliphatic heterocycles. The van der Waals surface area contributed by atoms with Gasteiger partial charge in [-0.05, 0) is 17.7 Å². The molecule has 1 aromatic carbocycles. The number of hydrogen-bond acceptors (Lipinski definition) is 4. The average Bonchev–Trinajstić information content (AvgIpc) is 2.78. The van der Waals surface area contributed by atoms with Crippen LogP contribution in [0.15, 0.2) is 30.5 Å². The molecule has 19 heavy (non-hydrogen) atoms. The smallest absolute Gasteiger partial charge is 0.356 e. The number of nitrogens with zero attached hydrogens (tertiary/aromatic N) is 2. The van der Waals surface area contributed by atoms with Crippen LogP contribution in [0.25, 0.3) is 0 Å². The molecule has 2 rings (SSSR count). The van der Waals surface area contributed by atoms with E-state index in [2.05, 4.69) is 10.4 Å². The molecule has 6 nitrogen and oxygen atoms in total. The Bertz CT molecular complexity index is 575. The summed E-state index contributed by atoms with van der Waals surface area (Å²) in [5, 5.41) is 16.1. The molecule has 0 spiro atoms. The minimum Gasteiger partial charge on any atom is -0.497 e. The van der Waals surface area contributed by atoms with Gasteiger partial charge in [0.15, 0.2) is 5.69 Å². The second kappa shape index (κ2) is 5.43. The number of hydrogen-bond donors (Lipinski definition) is 2. The van der Waals surface area contributed by atoms with E-state index in [0.717, 1.165) is 11.3 Å². The molecular formula is C13H15N3O3. The molecule has 0 aliphatic rings. The summed E-state index contributed by atoms with van der Waals surface area (Å²) in [4.78, 5) is 11.1. The number of carboxylic acid groups (broad SMARTS) is 1. The summed E-state index contributed by atoms with van der Waals surface area (Å²) >= 11 is 0. The predicted octanol–water partition coefficient (Wildman–Crippen LogP) is 1.74. The minimum atomic E-state index is -1.00. The highest BCUT2D eigenvalue weighted by Gasteiger charge is 2.15. The Morgan fingerprint density at radius 3 is 2.68 bits per heavy atom. The second-order valence-electron chi connectivity index (χ2n) is 4.04. The number of carbonyl (C=O) groups is 1. The number of carboxylic acids is 1. The lowest BCUT2D eigenvalue weighted by molar-refractivity contribution is 0.0686. The van der Waals surface area contributed by atoms with Gasteiger partial charge in [0, 0.05) is 13.6 Å². The van der Waals surface area contributed by atoms with E-state index in [9.17, 15) is 4.79 Å². The van der Waals surface area contributed by atoms with Crippen LogP contribution in [0.3, 0.4) is 0 Å². The van der Waals surface area contributed by atoms with Crippen LogP contribution in [-0.2, 0) is 13.6 Å². The first kappa shape index (κ1) is 12.9. The van der Waals surface area contributed by atoms with E-state index in [0.29, 0.717) is 12.2 Å². The van der Waals surface area contributed by atoms with Crippen LogP contribution in [0.2, 0.25) is 0 Å². The van der Waals surface area contributed by atoms with E-state index in [1.807, 2.05) is 24.3 Å². The zero-order chi connectivity index (χ0) is 13.8. The maximum Gasteiger partial charge on any atom is 0.356 e. The maximum absolute atomic E-state index is 11.1. The van der Waals surface area contributed by atoms with E-state index in [1.54, 1.807) is 14.2 Å². The lowest BCUT2D eigenvalue weighted by atomic mass is 10.2. The van der Waals surface area contributed by atoms with Gasteiger partial charge in [-0.3, -0.25) is 4.68 Å². The molecule has 100 valence electrons. The molecule has 0 aliphatic carbocycles. The summed E-state index contributed by atoms with van der Waals surface area (Å²) in [6, 6.07) is 7.56. The van der Waals surface area contributed by atoms with Crippen molar-refractivity contribution >= 4 is 11.7 Å². The molecule has 2 aromatic rings. The number of anilines is 1. The Hall–Kier alpha value is -2.50. The van der Waals surface area contributed by atoms with Crippen molar-refractivity contribution in [2.45, 2.75) is 6.54 Å². The molecule has 0 unspecified atom stereocenters. The predicted molar refractivity (Wildman–Crippen MR) is 70.5 cm³/mol. The van der Waals surface area contributed by atoms with E-state index in [4.69, 9.17) is 9.84 Å². The van der Waals surface area contributed by atoms with Crippen LogP contribution in [0, 0.1) is 0 Å². The third-order valence-electron chi connectivity index (χ3n) is 2.78. The van der Waals surface area contributed by atoms with E-state index in [-0.39, 0.29) is 5.69 Å². The molecule has 0 bridgehead atoms. The third kappa shape index (κ3) is 2.85. The van der Waals surface area contributed by atoms with Crippen LogP contribution in [0.4, 0.5) is 5.69 Å². The van der Waals surface area contributed by atoms with Gasteiger partial charge in [-0.25, -0.2) is 4.79 Å². The number of aromatic nitrogens is 2. The van der Waals surface area contributed by atoms with Gasteiger partial charge in [0.25, 0.3) is 0 Å². The Morgan fingerprint density at radius 1 is 1.42 bits per heavy atom. The Morgan fingerprint density at radius 2 is 2.11 bits per heavy atom. The first-order valence-electron chi connectivity index (χ1n) is 5.74. The largest absolute Gasteiger partial charge is 0.497 e. The van der Waals surface area contributed by atoms with Crippen molar-refractivity contribution in [1.82, 2.24) is 9.78 Å². The van der Waals surface area contributed by atoms with E-state index in [1.165, 1.54) is 10.9 Å². The summed E-state index contributed by atoms with van der Waals surface area (Å²) in [6.07, 6.45) is 1.51. The zero-order valence-electron chi connectivity index (χ0n) is 10.8. The molecule has 0 atom stereocenters. The van der Waals surface area contributed by atoms with Crippen LogP contribution < -0.4 is 10.1 Å². The normalized spacial score (nSPS) is 10.2. The van der Waals surface area contributed by atoms with Crippen LogP contribution in [-0.4, -0.2) is 28.0 Å². The summed E-state index contributed by atoms with van der Waals surface area (Å²) in [5.74, 6) is -0.214. The third-order valence-corrected chi connectivity index (χ3v) is 2.78. The van der Waals surface area contributed by atoms with Gasteiger partial charge in [-0.15, -0.1) is 0 Å². The number of aryl methyl sites for hydroxylation is 1. The van der Waals surface area contributed by atoms with Gasteiger partial charge in [0.2, 0.25) is 0 Å². The quantitative estimate of drug-likeness (QED) is 0.857. The highest BCUT2D eigenvalue weighted by Crippen LogP contribution is 2.16. The van der Waals surface area contributed by atoms with Crippen molar-refractivity contribution in [3.63, 3.8) is 0 Å². The van der Waals surface area contributed by atoms with Crippen molar-refractivity contribution in [2.24, 2.45) is 7.05 Å². The van der Waals surface area contributed by atoms with Gasteiger partial charge < -0.3 is 15.2 Å². The summed E-state index contributed by atoms with van der Waals surface area (Å²) in [5.41, 5.74) is 1.68. The first-order valence-corrected chi connectivity index (χ1v) is 5.74. The number of aromatic carboxylic acids is 1. The fraction of sp³-hybridized carbons (Fsp3) is 0.231. The fourth-order valence-electron chi connectivity index (χ4n) is 1.76. The highest BCUT2D eigenvalue weighted by atomic mass is 16.5. The second-order valence-corrected chi connectivity index (χ2v) is 4.04. The molecule has 0 fully saturated rings. The van der Waals surface area contributed by atoms with Gasteiger partial charge in [-0.2, -0.15) is 5.10 Å². The molecule has 0 radical (unpaired) electrons. The Balaban J connectivity index is 2.08. The Labute approximate surface area is 110 Å². The fourth-order valence-corrected chi connectivity index (χ4v) is 1.76. The molecule has 1 aromatic heterocycles. The molecule has 1 heterocycles. The molecule has 6 heteroatoms. The number of rotatable bonds is 5. The van der Waals surface area contributed by atoms with Crippen molar-refractivity contribution in [3.8, 4) is 5.75 Å². The number of benzene rings is 1. The average molecular weight is 261 g/mol. The SMILES string of the molecule is COc1ccc(CNc2cnn(C)c2C(=O)O)cc1. The van der Waals surface area contributed by atoms with Gasteiger partial charge >= 0.3 is 5.97 Å². The van der Waals surface area contributed by atoms with Crippen molar-refractivity contribution in [3.05, 3.63) is 41.7 Å². The minimum absolute atomic E-state index is 0.147. The summed E-state index contributed by atoms with van der Waals surface area (Å²) in [7, 11) is 3.21. The maximum atomic E-state index is 11.1. The number of methoxy groups -OCH3 is 1. The van der Waals surface area contributed by atoms with Crippen LogP contribution >= 0.6 is 0 Å². The highest BCUT2D eigenvalue weighted by molar-refractivity contribution is 5.92. The number of ether oxygens (including phenoxy) is 1. The Kier molecular flexibility index (Phi) is 3.70. The standard InChI is InChI=1S/C13H15N3O3/c1-16-12(13(17)18)11(8-15-16)14-7-9-3-5-10(19-2)6-4-9/h3-6,8,14H,7H2,1-2H3,(H,17,18). The van der Waals surface area contributed by atoms with Crippen molar-refractivity contribution in [2.75, 3.05) is 12.4 Å². The van der Waals surface area contributed by atoms with Gasteiger partial charge in [0.1, 0.15) is 5.75 Å². The molecule has 0 amide bonds. The topological polar surface area (TPSA) is 76.4 Å². The summed E-state index contributed by atoms with van der Waals surface area (Å²) in [6.45, 7) is 0.524. The number of nitrogens with one attached hydrogen (secondary N) is 1. The molecule has 0 saturated carbocycles. The molecule has 2 N–H and O–H groups in total. The van der Waals surface area contributed by atoms with E-state index >= 15 is 0 Å². The van der Waals surface area contributed by atoms with Crippen LogP contribution in [0.5, 0.6) is 5.75 Å². The zero-order valence-corrected chi connectivity index (χ0v) is 10.8. The molecule has 0 saturated heterocycles. The molecular weight excluding hydrogens is 246 g/mol. The van der Waals surface area contributed by atoms with Crippen LogP contribution in [0.1, 0.15) is 16.1 Å². The lowest BCUT2D eigenvalue weighted by Gasteiger charge is -2.07. The van der Waals surface area contributed by atoms with Crippen molar-refractivity contribution in [1.29, 1.82) is 0 Å². The monoisotopic (exact) mass is 261 g/mol. The van der Waals surface area contributed by atoms with E-state index < -0.39 is 5.97 Å². The first-order chi connectivity index (χ1) is 9.11. The summed E-state index contributed by atoms with van der Waals surface area (Å²) < 4.78 is 6.41. The van der Waals surface area contributed by atoms with Gasteiger partial charge in [0.05, 0.1) is 19.0 Å².